The largest absolute Gasteiger partial charge is 0.480 e. The first-order valence-corrected chi connectivity index (χ1v) is 4.91. The van der Waals surface area contributed by atoms with E-state index in [-0.39, 0.29) is 24.5 Å². The van der Waals surface area contributed by atoms with Crippen molar-refractivity contribution >= 4 is 11.9 Å². The number of ether oxygens (including phenoxy) is 1. The van der Waals surface area contributed by atoms with Gasteiger partial charge in [0.1, 0.15) is 12.6 Å². The molecule has 18 heavy (non-hydrogen) atoms. The molecule has 0 fully saturated rings. The van der Waals surface area contributed by atoms with Gasteiger partial charge in [-0.2, -0.15) is 0 Å². The third kappa shape index (κ3) is 3.08. The highest BCUT2D eigenvalue weighted by Crippen LogP contribution is 2.23. The standard InChI is InChI=1S/C10H12N2O6/c1-2-3-17-8-5(4-6(11)9(13)14)7(10(15)16)18-12-8/h2,6H,1,3-4,11H2,(H,13,14)(H,15,16). The number of carboxylic acids is 2. The van der Waals surface area contributed by atoms with Gasteiger partial charge in [-0.25, -0.2) is 4.79 Å². The van der Waals surface area contributed by atoms with Crippen LogP contribution in [-0.2, 0) is 11.2 Å². The van der Waals surface area contributed by atoms with Crippen LogP contribution >= 0.6 is 0 Å². The van der Waals surface area contributed by atoms with Crippen LogP contribution in [0.5, 0.6) is 5.88 Å². The van der Waals surface area contributed by atoms with Gasteiger partial charge in [0.15, 0.2) is 0 Å². The number of aromatic nitrogens is 1. The van der Waals surface area contributed by atoms with E-state index in [0.717, 1.165) is 0 Å². The molecule has 0 spiro atoms. The molecule has 0 aliphatic heterocycles. The summed E-state index contributed by atoms with van der Waals surface area (Å²) in [5.41, 5.74) is 5.35. The van der Waals surface area contributed by atoms with Gasteiger partial charge in [-0.15, -0.1) is 0 Å². The molecular formula is C10H12N2O6. The molecule has 0 saturated carbocycles. The van der Waals surface area contributed by atoms with Gasteiger partial charge in [0.25, 0.3) is 11.6 Å². The summed E-state index contributed by atoms with van der Waals surface area (Å²) in [4.78, 5) is 21.5. The van der Waals surface area contributed by atoms with Crippen LogP contribution in [-0.4, -0.2) is 40.0 Å². The van der Waals surface area contributed by atoms with Crippen LogP contribution < -0.4 is 10.5 Å². The number of carbonyl (C=O) groups is 2. The number of nitrogens with zero attached hydrogens (tertiary/aromatic N) is 1. The summed E-state index contributed by atoms with van der Waals surface area (Å²) >= 11 is 0. The second-order valence-electron chi connectivity index (χ2n) is 3.35. The lowest BCUT2D eigenvalue weighted by Gasteiger charge is -2.06. The van der Waals surface area contributed by atoms with Gasteiger partial charge in [0.05, 0.1) is 5.56 Å². The van der Waals surface area contributed by atoms with E-state index in [2.05, 4.69) is 16.3 Å². The van der Waals surface area contributed by atoms with Gasteiger partial charge in [-0.3, -0.25) is 4.79 Å². The topological polar surface area (TPSA) is 136 Å². The molecule has 0 aliphatic rings. The number of nitrogens with two attached hydrogens (primary N) is 1. The van der Waals surface area contributed by atoms with E-state index in [0.29, 0.717) is 0 Å². The van der Waals surface area contributed by atoms with E-state index in [4.69, 9.17) is 20.7 Å². The molecular weight excluding hydrogens is 244 g/mol. The molecule has 98 valence electrons. The predicted octanol–water partition coefficient (Wildman–Crippen LogP) is -0.108. The summed E-state index contributed by atoms with van der Waals surface area (Å²) in [6, 6.07) is -1.27. The van der Waals surface area contributed by atoms with Crippen molar-refractivity contribution in [1.29, 1.82) is 0 Å². The number of hydrogen-bond donors (Lipinski definition) is 3. The normalized spacial score (nSPS) is 11.8. The molecule has 1 atom stereocenters. The molecule has 0 amide bonds. The maximum atomic E-state index is 10.9. The number of aliphatic carboxylic acids is 1. The summed E-state index contributed by atoms with van der Waals surface area (Å²) in [6.07, 6.45) is 1.17. The third-order valence-electron chi connectivity index (χ3n) is 2.03. The smallest absolute Gasteiger partial charge is 0.375 e. The Kier molecular flexibility index (Phi) is 4.44. The summed E-state index contributed by atoms with van der Waals surface area (Å²) in [5, 5.41) is 21.0. The van der Waals surface area contributed by atoms with Crippen LogP contribution in [0.2, 0.25) is 0 Å². The fourth-order valence-electron chi connectivity index (χ4n) is 1.20. The average Bonchev–Trinajstić information content (AvgIpc) is 2.69. The van der Waals surface area contributed by atoms with E-state index in [1.807, 2.05) is 0 Å². The highest BCUT2D eigenvalue weighted by Gasteiger charge is 2.26. The van der Waals surface area contributed by atoms with Crippen LogP contribution in [0.4, 0.5) is 0 Å². The van der Waals surface area contributed by atoms with Crippen LogP contribution in [0.1, 0.15) is 16.1 Å². The van der Waals surface area contributed by atoms with Crippen LogP contribution in [0.3, 0.4) is 0 Å². The minimum Gasteiger partial charge on any atom is -0.480 e. The highest BCUT2D eigenvalue weighted by molar-refractivity contribution is 5.87. The van der Waals surface area contributed by atoms with E-state index in [9.17, 15) is 9.59 Å². The zero-order chi connectivity index (χ0) is 13.7. The number of hydrogen-bond acceptors (Lipinski definition) is 6. The Morgan fingerprint density at radius 2 is 2.22 bits per heavy atom. The summed E-state index contributed by atoms with van der Waals surface area (Å²) in [5.74, 6) is -3.21. The Morgan fingerprint density at radius 3 is 2.72 bits per heavy atom. The van der Waals surface area contributed by atoms with Crippen molar-refractivity contribution in [2.24, 2.45) is 5.73 Å². The molecule has 4 N–H and O–H groups in total. The lowest BCUT2D eigenvalue weighted by molar-refractivity contribution is -0.138. The molecule has 0 bridgehead atoms. The third-order valence-corrected chi connectivity index (χ3v) is 2.03. The van der Waals surface area contributed by atoms with Gasteiger partial charge in [-0.1, -0.05) is 12.7 Å². The van der Waals surface area contributed by atoms with E-state index in [1.165, 1.54) is 6.08 Å². The van der Waals surface area contributed by atoms with Crippen molar-refractivity contribution in [3.05, 3.63) is 24.0 Å². The second kappa shape index (κ2) is 5.82. The van der Waals surface area contributed by atoms with Crippen LogP contribution in [0, 0.1) is 0 Å². The molecule has 1 aromatic heterocycles. The van der Waals surface area contributed by atoms with Gasteiger partial charge >= 0.3 is 11.9 Å². The van der Waals surface area contributed by atoms with Crippen molar-refractivity contribution in [1.82, 2.24) is 5.16 Å². The molecule has 0 radical (unpaired) electrons. The molecule has 1 rings (SSSR count). The molecule has 0 aromatic carbocycles. The fraction of sp³-hybridized carbons (Fsp3) is 0.300. The first-order chi connectivity index (χ1) is 8.47. The van der Waals surface area contributed by atoms with Gasteiger partial charge in [-0.05, 0) is 5.16 Å². The summed E-state index contributed by atoms with van der Waals surface area (Å²) in [7, 11) is 0. The fourth-order valence-corrected chi connectivity index (χ4v) is 1.20. The Bertz CT molecular complexity index is 467. The molecule has 1 unspecified atom stereocenters. The van der Waals surface area contributed by atoms with Crippen LogP contribution in [0.25, 0.3) is 0 Å². The molecule has 8 heteroatoms. The SMILES string of the molecule is C=CCOc1noc(C(=O)O)c1CC(N)C(=O)O. The van der Waals surface area contributed by atoms with E-state index >= 15 is 0 Å². The quantitative estimate of drug-likeness (QED) is 0.575. The zero-order valence-corrected chi connectivity index (χ0v) is 9.33. The molecule has 1 heterocycles. The Labute approximate surface area is 102 Å². The number of carboxylic acid groups (broad SMARTS) is 2. The van der Waals surface area contributed by atoms with Gasteiger partial charge < -0.3 is 25.2 Å². The predicted molar refractivity (Wildman–Crippen MR) is 58.5 cm³/mol. The maximum absolute atomic E-state index is 10.9. The van der Waals surface area contributed by atoms with Gasteiger partial charge in [0.2, 0.25) is 0 Å². The molecule has 0 aliphatic carbocycles. The minimum atomic E-state index is -1.37. The Hall–Kier alpha value is -2.35. The lowest BCUT2D eigenvalue weighted by Crippen LogP contribution is -2.32. The van der Waals surface area contributed by atoms with Crippen LogP contribution in [0.15, 0.2) is 17.2 Å². The monoisotopic (exact) mass is 256 g/mol. The molecule has 1 aromatic rings. The molecule has 0 saturated heterocycles. The number of rotatable bonds is 7. The van der Waals surface area contributed by atoms with Crippen molar-refractivity contribution in [3.8, 4) is 5.88 Å². The Balaban J connectivity index is 3.02. The van der Waals surface area contributed by atoms with Gasteiger partial charge in [0, 0.05) is 6.42 Å². The van der Waals surface area contributed by atoms with Crippen molar-refractivity contribution < 1.29 is 29.1 Å². The highest BCUT2D eigenvalue weighted by atomic mass is 16.5. The lowest BCUT2D eigenvalue weighted by atomic mass is 10.1. The summed E-state index contributed by atoms with van der Waals surface area (Å²) in [6.45, 7) is 3.50. The first kappa shape index (κ1) is 13.7. The number of aromatic carboxylic acids is 1. The zero-order valence-electron chi connectivity index (χ0n) is 9.33. The average molecular weight is 256 g/mol. The van der Waals surface area contributed by atoms with Crippen molar-refractivity contribution in [2.45, 2.75) is 12.5 Å². The van der Waals surface area contributed by atoms with Crippen molar-refractivity contribution in [2.75, 3.05) is 6.61 Å². The minimum absolute atomic E-state index is 0.0132. The van der Waals surface area contributed by atoms with E-state index < -0.39 is 23.7 Å². The first-order valence-electron chi connectivity index (χ1n) is 4.91. The molecule has 8 nitrogen and oxygen atoms in total. The Morgan fingerprint density at radius 1 is 1.56 bits per heavy atom. The maximum Gasteiger partial charge on any atom is 0.375 e. The summed E-state index contributed by atoms with van der Waals surface area (Å²) < 4.78 is 9.64. The second-order valence-corrected chi connectivity index (χ2v) is 3.35. The van der Waals surface area contributed by atoms with Crippen molar-refractivity contribution in [3.63, 3.8) is 0 Å². The van der Waals surface area contributed by atoms with E-state index in [1.54, 1.807) is 0 Å².